The highest BCUT2D eigenvalue weighted by molar-refractivity contribution is 7.13. The summed E-state index contributed by atoms with van der Waals surface area (Å²) in [4.78, 5) is 12.3. The van der Waals surface area contributed by atoms with Crippen LogP contribution in [-0.2, 0) is 0 Å². The highest BCUT2D eigenvalue weighted by atomic mass is 32.1. The largest absolute Gasteiger partial charge is 0.238 e. The van der Waals surface area contributed by atoms with E-state index in [1.54, 1.807) is 18.3 Å². The Balaban J connectivity index is 2.72. The first-order valence-electron chi connectivity index (χ1n) is 4.66. The molecule has 0 radical (unpaired) electrons. The van der Waals surface area contributed by atoms with Gasteiger partial charge in [0.1, 0.15) is 11.6 Å². The summed E-state index contributed by atoms with van der Waals surface area (Å²) in [5.41, 5.74) is 10.2. The van der Waals surface area contributed by atoms with Gasteiger partial charge in [-0.15, -0.1) is 11.3 Å². The first-order chi connectivity index (χ1) is 7.72. The smallest absolute Gasteiger partial charge is 0.139 e. The molecule has 2 rings (SSSR count). The van der Waals surface area contributed by atoms with Gasteiger partial charge in [-0.2, -0.15) is 0 Å². The third-order valence-electron chi connectivity index (χ3n) is 2.09. The van der Waals surface area contributed by atoms with Crippen molar-refractivity contribution in [1.29, 1.82) is 0 Å². The summed E-state index contributed by atoms with van der Waals surface area (Å²) >= 11 is 1.57. The fourth-order valence-corrected chi connectivity index (χ4v) is 2.34. The molecule has 0 aliphatic carbocycles. The first-order valence-corrected chi connectivity index (χ1v) is 5.54. The molecule has 0 spiro atoms. The number of hydrogen-bond donors (Lipinski definition) is 0. The van der Waals surface area contributed by atoms with E-state index in [0.717, 1.165) is 16.1 Å². The number of nitrogens with zero attached hydrogens (tertiary/aromatic N) is 5. The molecule has 80 valence electrons. The molecule has 0 N–H and O–H groups in total. The highest BCUT2D eigenvalue weighted by Gasteiger charge is 2.11. The van der Waals surface area contributed by atoms with E-state index in [1.807, 2.05) is 24.4 Å². The van der Waals surface area contributed by atoms with Crippen molar-refractivity contribution < 1.29 is 0 Å². The lowest BCUT2D eigenvalue weighted by Crippen LogP contribution is -1.94. The van der Waals surface area contributed by atoms with Crippen LogP contribution >= 0.6 is 11.3 Å². The second-order valence-electron chi connectivity index (χ2n) is 3.22. The maximum atomic E-state index is 8.52. The van der Waals surface area contributed by atoms with Crippen LogP contribution in [0.5, 0.6) is 0 Å². The molecule has 2 aromatic heterocycles. The Hall–Kier alpha value is -1.91. The molecule has 0 saturated carbocycles. The Bertz CT molecular complexity index is 555. The molecule has 0 aromatic carbocycles. The molecule has 0 atom stereocenters. The zero-order valence-electron chi connectivity index (χ0n) is 8.88. The predicted octanol–water partition coefficient (Wildman–Crippen LogP) is 3.76. The van der Waals surface area contributed by atoms with Crippen LogP contribution in [0.1, 0.15) is 11.5 Å². The summed E-state index contributed by atoms with van der Waals surface area (Å²) in [6.07, 6.45) is 0. The number of thiophene rings is 1. The van der Waals surface area contributed by atoms with E-state index < -0.39 is 0 Å². The van der Waals surface area contributed by atoms with E-state index in [1.165, 1.54) is 0 Å². The maximum absolute atomic E-state index is 8.52. The Kier molecular flexibility index (Phi) is 2.85. The molecule has 16 heavy (non-hydrogen) atoms. The molecular weight excluding hydrogens is 222 g/mol. The van der Waals surface area contributed by atoms with E-state index in [0.29, 0.717) is 11.6 Å². The standard InChI is InChI=1S/C10H9N5S/c1-6-9(8-4-3-5-16-8)10(14-15-11)13-7(2)12-6/h3-5H,1-2H3. The van der Waals surface area contributed by atoms with Gasteiger partial charge >= 0.3 is 0 Å². The Morgan fingerprint density at radius 1 is 1.38 bits per heavy atom. The number of aromatic nitrogens is 2. The molecule has 0 saturated heterocycles. The lowest BCUT2D eigenvalue weighted by atomic mass is 10.2. The molecule has 0 aliphatic rings. The Labute approximate surface area is 96.4 Å². The molecule has 0 bridgehead atoms. The van der Waals surface area contributed by atoms with Crippen molar-refractivity contribution in [2.45, 2.75) is 13.8 Å². The second-order valence-corrected chi connectivity index (χ2v) is 4.17. The van der Waals surface area contributed by atoms with Crippen molar-refractivity contribution in [3.8, 4) is 10.4 Å². The van der Waals surface area contributed by atoms with Gasteiger partial charge in [-0.05, 0) is 35.9 Å². The average molecular weight is 231 g/mol. The minimum absolute atomic E-state index is 0.398. The van der Waals surface area contributed by atoms with E-state index in [9.17, 15) is 0 Å². The predicted molar refractivity (Wildman–Crippen MR) is 63.6 cm³/mol. The van der Waals surface area contributed by atoms with Gasteiger partial charge in [0.05, 0.1) is 5.69 Å². The monoisotopic (exact) mass is 231 g/mol. The number of rotatable bonds is 2. The summed E-state index contributed by atoms with van der Waals surface area (Å²) < 4.78 is 0. The van der Waals surface area contributed by atoms with Gasteiger partial charge in [-0.1, -0.05) is 6.07 Å². The summed E-state index contributed by atoms with van der Waals surface area (Å²) in [7, 11) is 0. The van der Waals surface area contributed by atoms with Crippen LogP contribution in [0, 0.1) is 13.8 Å². The van der Waals surface area contributed by atoms with Crippen LogP contribution in [-0.4, -0.2) is 9.97 Å². The van der Waals surface area contributed by atoms with Crippen molar-refractivity contribution >= 4 is 17.2 Å². The summed E-state index contributed by atoms with van der Waals surface area (Å²) in [6.45, 7) is 3.67. The van der Waals surface area contributed by atoms with E-state index in [2.05, 4.69) is 20.0 Å². The normalized spacial score (nSPS) is 9.88. The van der Waals surface area contributed by atoms with Gasteiger partial charge in [0.25, 0.3) is 0 Å². The van der Waals surface area contributed by atoms with Crippen molar-refractivity contribution in [3.05, 3.63) is 39.5 Å². The van der Waals surface area contributed by atoms with Crippen LogP contribution in [0.3, 0.4) is 0 Å². The molecule has 0 aliphatic heterocycles. The van der Waals surface area contributed by atoms with Gasteiger partial charge in [0, 0.05) is 15.4 Å². The number of hydrogen-bond acceptors (Lipinski definition) is 4. The minimum atomic E-state index is 0.398. The molecular formula is C10H9N5S. The first kappa shape index (κ1) is 10.6. The molecule has 6 heteroatoms. The quantitative estimate of drug-likeness (QED) is 0.448. The molecule has 5 nitrogen and oxygen atoms in total. The van der Waals surface area contributed by atoms with E-state index in [4.69, 9.17) is 5.53 Å². The molecule has 0 fully saturated rings. The SMILES string of the molecule is Cc1nc(C)c(-c2cccs2)c(N=[N+]=[N-])n1. The number of azide groups is 1. The van der Waals surface area contributed by atoms with Crippen LogP contribution in [0.2, 0.25) is 0 Å². The van der Waals surface area contributed by atoms with Crippen molar-refractivity contribution in [1.82, 2.24) is 9.97 Å². The van der Waals surface area contributed by atoms with Gasteiger partial charge < -0.3 is 0 Å². The minimum Gasteiger partial charge on any atom is -0.238 e. The van der Waals surface area contributed by atoms with Gasteiger partial charge in [-0.3, -0.25) is 0 Å². The molecule has 0 unspecified atom stereocenters. The highest BCUT2D eigenvalue weighted by Crippen LogP contribution is 2.34. The van der Waals surface area contributed by atoms with Crippen molar-refractivity contribution in [2.24, 2.45) is 5.11 Å². The van der Waals surface area contributed by atoms with E-state index >= 15 is 0 Å². The summed E-state index contributed by atoms with van der Waals surface area (Å²) in [6, 6.07) is 3.90. The van der Waals surface area contributed by atoms with Gasteiger partial charge in [-0.25, -0.2) is 9.97 Å². The third-order valence-corrected chi connectivity index (χ3v) is 2.98. The lowest BCUT2D eigenvalue weighted by molar-refractivity contribution is 1.01. The Morgan fingerprint density at radius 2 is 2.19 bits per heavy atom. The molecule has 2 aromatic rings. The third kappa shape index (κ3) is 1.88. The number of aryl methyl sites for hydroxylation is 2. The maximum Gasteiger partial charge on any atom is 0.139 e. The van der Waals surface area contributed by atoms with Crippen LogP contribution in [0.4, 0.5) is 5.82 Å². The van der Waals surface area contributed by atoms with Gasteiger partial charge in [0.2, 0.25) is 0 Å². The van der Waals surface area contributed by atoms with Crippen molar-refractivity contribution in [2.75, 3.05) is 0 Å². The Morgan fingerprint density at radius 3 is 2.81 bits per heavy atom. The molecule has 0 amide bonds. The van der Waals surface area contributed by atoms with E-state index in [-0.39, 0.29) is 0 Å². The van der Waals surface area contributed by atoms with Gasteiger partial charge in [0.15, 0.2) is 0 Å². The van der Waals surface area contributed by atoms with Crippen LogP contribution in [0.25, 0.3) is 20.9 Å². The van der Waals surface area contributed by atoms with Crippen LogP contribution < -0.4 is 0 Å². The average Bonchev–Trinajstić information content (AvgIpc) is 2.70. The second kappa shape index (κ2) is 4.30. The summed E-state index contributed by atoms with van der Waals surface area (Å²) in [5.74, 6) is 1.01. The fourth-order valence-electron chi connectivity index (χ4n) is 1.52. The zero-order chi connectivity index (χ0) is 11.5. The lowest BCUT2D eigenvalue weighted by Gasteiger charge is -2.06. The van der Waals surface area contributed by atoms with Crippen molar-refractivity contribution in [3.63, 3.8) is 0 Å². The molecule has 2 heterocycles. The fraction of sp³-hybridized carbons (Fsp3) is 0.200. The zero-order valence-corrected chi connectivity index (χ0v) is 9.69. The summed E-state index contributed by atoms with van der Waals surface area (Å²) in [5, 5.41) is 5.59. The van der Waals surface area contributed by atoms with Crippen LogP contribution in [0.15, 0.2) is 22.6 Å². The topological polar surface area (TPSA) is 74.5 Å².